The summed E-state index contributed by atoms with van der Waals surface area (Å²) in [4.78, 5) is 0. The Balaban J connectivity index is 2.65. The molecule has 0 radical (unpaired) electrons. The van der Waals surface area contributed by atoms with Gasteiger partial charge in [-0.15, -0.1) is 0 Å². The van der Waals surface area contributed by atoms with Gasteiger partial charge < -0.3 is 9.84 Å². The van der Waals surface area contributed by atoms with E-state index in [2.05, 4.69) is 6.92 Å². The van der Waals surface area contributed by atoms with Crippen molar-refractivity contribution >= 4 is 0 Å². The summed E-state index contributed by atoms with van der Waals surface area (Å²) in [6.07, 6.45) is 6.17. The molecule has 0 aromatic carbocycles. The fourth-order valence-corrected chi connectivity index (χ4v) is 2.21. The minimum absolute atomic E-state index is 0.400. The van der Waals surface area contributed by atoms with Gasteiger partial charge in [-0.05, 0) is 38.7 Å². The molecule has 2 nitrogen and oxygen atoms in total. The highest BCUT2D eigenvalue weighted by atomic mass is 16.5. The second-order valence-electron chi connectivity index (χ2n) is 4.29. The van der Waals surface area contributed by atoms with Crippen molar-refractivity contribution in [1.29, 1.82) is 0 Å². The highest BCUT2D eigenvalue weighted by molar-refractivity contribution is 5.11. The van der Waals surface area contributed by atoms with E-state index in [9.17, 15) is 5.11 Å². The van der Waals surface area contributed by atoms with Gasteiger partial charge in [-0.2, -0.15) is 0 Å². The van der Waals surface area contributed by atoms with E-state index in [1.165, 1.54) is 0 Å². The largest absolute Gasteiger partial charge is 0.498 e. The van der Waals surface area contributed by atoms with Gasteiger partial charge in [0.15, 0.2) is 0 Å². The average molecular weight is 198 g/mol. The Hall–Kier alpha value is -0.500. The van der Waals surface area contributed by atoms with Gasteiger partial charge in [0, 0.05) is 6.42 Å². The lowest BCUT2D eigenvalue weighted by Gasteiger charge is -2.35. The van der Waals surface area contributed by atoms with E-state index in [4.69, 9.17) is 4.74 Å². The molecule has 2 unspecified atom stereocenters. The molecular formula is C12H22O2. The van der Waals surface area contributed by atoms with Crippen LogP contribution in [0.4, 0.5) is 0 Å². The summed E-state index contributed by atoms with van der Waals surface area (Å²) in [7, 11) is 0. The van der Waals surface area contributed by atoms with Crippen molar-refractivity contribution in [3.8, 4) is 0 Å². The van der Waals surface area contributed by atoms with E-state index in [0.717, 1.165) is 31.4 Å². The molecule has 0 fully saturated rings. The second kappa shape index (κ2) is 4.83. The first-order valence-corrected chi connectivity index (χ1v) is 5.67. The predicted molar refractivity (Wildman–Crippen MR) is 58.0 cm³/mol. The smallest absolute Gasteiger partial charge is 0.0948 e. The van der Waals surface area contributed by atoms with Crippen LogP contribution < -0.4 is 0 Å². The molecule has 2 heteroatoms. The molecule has 0 spiro atoms. The molecule has 0 bridgehead atoms. The van der Waals surface area contributed by atoms with Crippen LogP contribution in [0.1, 0.15) is 46.5 Å². The molecule has 0 aliphatic heterocycles. The molecule has 1 aliphatic carbocycles. The number of hydrogen-bond acceptors (Lipinski definition) is 2. The molecule has 0 heterocycles. The molecule has 0 aromatic rings. The highest BCUT2D eigenvalue weighted by Crippen LogP contribution is 2.35. The zero-order valence-electron chi connectivity index (χ0n) is 9.55. The summed E-state index contributed by atoms with van der Waals surface area (Å²) in [6.45, 7) is 6.73. The fourth-order valence-electron chi connectivity index (χ4n) is 2.21. The Morgan fingerprint density at radius 1 is 1.57 bits per heavy atom. The molecule has 1 aliphatic rings. The van der Waals surface area contributed by atoms with Gasteiger partial charge in [0.1, 0.15) is 0 Å². The van der Waals surface area contributed by atoms with Gasteiger partial charge in [-0.25, -0.2) is 0 Å². The van der Waals surface area contributed by atoms with Crippen molar-refractivity contribution in [3.05, 3.63) is 11.8 Å². The summed E-state index contributed by atoms with van der Waals surface area (Å²) in [5, 5.41) is 10.2. The SMILES string of the molecule is CCCC1CCC(OCC)=CC1(C)O. The number of rotatable bonds is 4. The lowest BCUT2D eigenvalue weighted by molar-refractivity contribution is 0.0189. The minimum atomic E-state index is -0.668. The second-order valence-corrected chi connectivity index (χ2v) is 4.29. The highest BCUT2D eigenvalue weighted by Gasteiger charge is 2.33. The van der Waals surface area contributed by atoms with E-state index in [-0.39, 0.29) is 0 Å². The van der Waals surface area contributed by atoms with E-state index in [1.54, 1.807) is 0 Å². The Labute approximate surface area is 87.0 Å². The van der Waals surface area contributed by atoms with Gasteiger partial charge in [0.25, 0.3) is 0 Å². The monoisotopic (exact) mass is 198 g/mol. The van der Waals surface area contributed by atoms with Crippen LogP contribution >= 0.6 is 0 Å². The first-order chi connectivity index (χ1) is 6.60. The zero-order valence-corrected chi connectivity index (χ0v) is 9.55. The van der Waals surface area contributed by atoms with Crippen molar-refractivity contribution in [2.24, 2.45) is 5.92 Å². The lowest BCUT2D eigenvalue weighted by Crippen LogP contribution is -2.35. The van der Waals surface area contributed by atoms with Gasteiger partial charge >= 0.3 is 0 Å². The van der Waals surface area contributed by atoms with Crippen LogP contribution in [0.25, 0.3) is 0 Å². The lowest BCUT2D eigenvalue weighted by atomic mass is 9.78. The normalized spacial score (nSPS) is 32.6. The van der Waals surface area contributed by atoms with Crippen molar-refractivity contribution in [1.82, 2.24) is 0 Å². The summed E-state index contributed by atoms with van der Waals surface area (Å²) in [6, 6.07) is 0. The van der Waals surface area contributed by atoms with Crippen LogP contribution in [0.2, 0.25) is 0 Å². The number of ether oxygens (including phenoxy) is 1. The Bertz CT molecular complexity index is 206. The van der Waals surface area contributed by atoms with Crippen molar-refractivity contribution in [2.75, 3.05) is 6.61 Å². The van der Waals surface area contributed by atoms with Crippen molar-refractivity contribution in [2.45, 2.75) is 52.1 Å². The first-order valence-electron chi connectivity index (χ1n) is 5.67. The third-order valence-corrected chi connectivity index (χ3v) is 2.99. The molecule has 2 atom stereocenters. The molecule has 0 saturated heterocycles. The maximum Gasteiger partial charge on any atom is 0.0948 e. The fraction of sp³-hybridized carbons (Fsp3) is 0.833. The topological polar surface area (TPSA) is 29.5 Å². The summed E-state index contributed by atoms with van der Waals surface area (Å²) < 4.78 is 5.45. The maximum absolute atomic E-state index is 10.2. The van der Waals surface area contributed by atoms with Crippen LogP contribution in [0, 0.1) is 5.92 Å². The third kappa shape index (κ3) is 2.74. The van der Waals surface area contributed by atoms with Crippen LogP contribution in [-0.2, 0) is 4.74 Å². The standard InChI is InChI=1S/C12H22O2/c1-4-6-10-7-8-11(14-5-2)9-12(10,3)13/h9-10,13H,4-8H2,1-3H3. The van der Waals surface area contributed by atoms with E-state index in [0.29, 0.717) is 12.5 Å². The third-order valence-electron chi connectivity index (χ3n) is 2.99. The molecule has 1 N–H and O–H groups in total. The van der Waals surface area contributed by atoms with Crippen molar-refractivity contribution in [3.63, 3.8) is 0 Å². The Morgan fingerprint density at radius 2 is 2.29 bits per heavy atom. The molecule has 82 valence electrons. The van der Waals surface area contributed by atoms with Crippen LogP contribution in [-0.4, -0.2) is 17.3 Å². The molecule has 0 amide bonds. The van der Waals surface area contributed by atoms with E-state index in [1.807, 2.05) is 19.9 Å². The average Bonchev–Trinajstić information content (AvgIpc) is 2.10. The number of aliphatic hydroxyl groups is 1. The summed E-state index contributed by atoms with van der Waals surface area (Å²) in [5.74, 6) is 1.36. The summed E-state index contributed by atoms with van der Waals surface area (Å²) >= 11 is 0. The van der Waals surface area contributed by atoms with E-state index < -0.39 is 5.60 Å². The molecule has 14 heavy (non-hydrogen) atoms. The number of allylic oxidation sites excluding steroid dienone is 1. The molecule has 1 rings (SSSR count). The predicted octanol–water partition coefficient (Wildman–Crippen LogP) is 2.87. The van der Waals surface area contributed by atoms with Gasteiger partial charge in [-0.1, -0.05) is 13.3 Å². The van der Waals surface area contributed by atoms with Gasteiger partial charge in [0.2, 0.25) is 0 Å². The van der Waals surface area contributed by atoms with Crippen LogP contribution in [0.15, 0.2) is 11.8 Å². The molecule has 0 saturated carbocycles. The van der Waals surface area contributed by atoms with E-state index >= 15 is 0 Å². The Morgan fingerprint density at radius 3 is 2.79 bits per heavy atom. The van der Waals surface area contributed by atoms with Crippen LogP contribution in [0.3, 0.4) is 0 Å². The quantitative estimate of drug-likeness (QED) is 0.752. The minimum Gasteiger partial charge on any atom is -0.498 e. The Kier molecular flexibility index (Phi) is 3.99. The maximum atomic E-state index is 10.2. The van der Waals surface area contributed by atoms with Crippen molar-refractivity contribution < 1.29 is 9.84 Å². The number of hydrogen-bond donors (Lipinski definition) is 1. The first kappa shape index (κ1) is 11.6. The zero-order chi connectivity index (χ0) is 10.6. The van der Waals surface area contributed by atoms with Gasteiger partial charge in [-0.3, -0.25) is 0 Å². The molecular weight excluding hydrogens is 176 g/mol. The molecule has 0 aromatic heterocycles. The van der Waals surface area contributed by atoms with Gasteiger partial charge in [0.05, 0.1) is 18.0 Å². The van der Waals surface area contributed by atoms with Crippen LogP contribution in [0.5, 0.6) is 0 Å². The summed E-state index contributed by atoms with van der Waals surface area (Å²) in [5.41, 5.74) is -0.668.